The largest absolute Gasteiger partial charge is 0.342 e. The van der Waals surface area contributed by atoms with Crippen LogP contribution < -0.4 is 10.0 Å². The predicted octanol–water partition coefficient (Wildman–Crippen LogP) is 1.63. The van der Waals surface area contributed by atoms with Gasteiger partial charge in [0.15, 0.2) is 0 Å². The van der Waals surface area contributed by atoms with Crippen LogP contribution in [0.1, 0.15) is 19.3 Å². The molecule has 1 aliphatic heterocycles. The van der Waals surface area contributed by atoms with E-state index in [4.69, 9.17) is 0 Å². The van der Waals surface area contributed by atoms with E-state index in [1.54, 1.807) is 4.90 Å². The molecule has 154 valence electrons. The zero-order valence-electron chi connectivity index (χ0n) is 16.0. The Bertz CT molecular complexity index is 935. The summed E-state index contributed by atoms with van der Waals surface area (Å²) >= 11 is 0. The summed E-state index contributed by atoms with van der Waals surface area (Å²) in [5.41, 5.74) is 0.728. The van der Waals surface area contributed by atoms with E-state index in [9.17, 15) is 18.0 Å². The molecule has 0 aliphatic carbocycles. The van der Waals surface area contributed by atoms with E-state index < -0.39 is 10.0 Å². The van der Waals surface area contributed by atoms with Crippen molar-refractivity contribution in [3.8, 4) is 0 Å². The molecule has 0 saturated carbocycles. The minimum Gasteiger partial charge on any atom is -0.342 e. The number of para-hydroxylation sites is 1. The molecule has 0 bridgehead atoms. The van der Waals surface area contributed by atoms with E-state index >= 15 is 0 Å². The van der Waals surface area contributed by atoms with E-state index in [-0.39, 0.29) is 35.6 Å². The average molecular weight is 417 g/mol. The molecule has 0 radical (unpaired) electrons. The fourth-order valence-corrected chi connectivity index (χ4v) is 4.22. The maximum atomic E-state index is 12.5. The lowest BCUT2D eigenvalue weighted by molar-refractivity contribution is -0.134. The van der Waals surface area contributed by atoms with Crippen LogP contribution >= 0.6 is 0 Å². The molecule has 1 fully saturated rings. The smallest absolute Gasteiger partial charge is 0.242 e. The van der Waals surface area contributed by atoms with Crippen molar-refractivity contribution in [2.24, 2.45) is 5.92 Å². The number of benzene rings is 1. The lowest BCUT2D eigenvalue weighted by Gasteiger charge is -2.32. The van der Waals surface area contributed by atoms with Crippen molar-refractivity contribution in [1.82, 2.24) is 14.6 Å². The highest BCUT2D eigenvalue weighted by atomic mass is 32.2. The fourth-order valence-electron chi connectivity index (χ4n) is 3.22. The average Bonchev–Trinajstić information content (AvgIpc) is 2.75. The molecule has 2 heterocycles. The molecule has 1 atom stereocenters. The maximum Gasteiger partial charge on any atom is 0.242 e. The maximum absolute atomic E-state index is 12.5. The van der Waals surface area contributed by atoms with Gasteiger partial charge in [-0.25, -0.2) is 13.1 Å². The molecule has 2 aromatic rings. The van der Waals surface area contributed by atoms with Crippen molar-refractivity contribution < 1.29 is 18.0 Å². The Morgan fingerprint density at radius 2 is 1.93 bits per heavy atom. The Kier molecular flexibility index (Phi) is 6.95. The van der Waals surface area contributed by atoms with E-state index in [1.807, 2.05) is 30.3 Å². The van der Waals surface area contributed by atoms with Crippen LogP contribution in [0.15, 0.2) is 59.8 Å². The standard InChI is InChI=1S/C20H24N4O4S/c25-19(10-12-22-29(27,28)18-9-4-11-21-14-18)24-13-5-6-16(15-24)20(26)23-17-7-2-1-3-8-17/h1-4,7-9,11,14,16,22H,5-6,10,12-13,15H2,(H,23,26). The van der Waals surface area contributed by atoms with Crippen molar-refractivity contribution in [2.45, 2.75) is 24.2 Å². The molecule has 29 heavy (non-hydrogen) atoms. The fraction of sp³-hybridized carbons (Fsp3) is 0.350. The van der Waals surface area contributed by atoms with Gasteiger partial charge in [0, 0.05) is 44.1 Å². The first-order valence-corrected chi connectivity index (χ1v) is 11.0. The van der Waals surface area contributed by atoms with Crippen LogP contribution in [0, 0.1) is 5.92 Å². The van der Waals surface area contributed by atoms with Crippen LogP contribution in [0.5, 0.6) is 0 Å². The predicted molar refractivity (Wildman–Crippen MR) is 108 cm³/mol. The van der Waals surface area contributed by atoms with Crippen molar-refractivity contribution in [1.29, 1.82) is 0 Å². The van der Waals surface area contributed by atoms with Gasteiger partial charge in [-0.05, 0) is 37.1 Å². The number of sulfonamides is 1. The second-order valence-electron chi connectivity index (χ2n) is 6.87. The molecule has 9 heteroatoms. The number of carbonyl (C=O) groups excluding carboxylic acids is 2. The van der Waals surface area contributed by atoms with E-state index in [2.05, 4.69) is 15.0 Å². The molecule has 1 aliphatic rings. The lowest BCUT2D eigenvalue weighted by atomic mass is 9.96. The third-order valence-electron chi connectivity index (χ3n) is 4.76. The number of rotatable bonds is 7. The molecule has 2 amide bonds. The summed E-state index contributed by atoms with van der Waals surface area (Å²) in [6, 6.07) is 12.2. The molecule has 1 saturated heterocycles. The van der Waals surface area contributed by atoms with Gasteiger partial charge in [-0.2, -0.15) is 0 Å². The van der Waals surface area contributed by atoms with Crippen LogP contribution in [0.4, 0.5) is 5.69 Å². The molecule has 2 N–H and O–H groups in total. The lowest BCUT2D eigenvalue weighted by Crippen LogP contribution is -2.44. The van der Waals surface area contributed by atoms with Gasteiger partial charge in [0.2, 0.25) is 21.8 Å². The Morgan fingerprint density at radius 3 is 2.66 bits per heavy atom. The third kappa shape index (κ3) is 5.85. The Labute approximate surface area is 170 Å². The van der Waals surface area contributed by atoms with Gasteiger partial charge in [-0.1, -0.05) is 18.2 Å². The van der Waals surface area contributed by atoms with Gasteiger partial charge in [0.05, 0.1) is 5.92 Å². The first-order valence-electron chi connectivity index (χ1n) is 9.49. The van der Waals surface area contributed by atoms with E-state index in [1.165, 1.54) is 24.5 Å². The molecular weight excluding hydrogens is 392 g/mol. The number of piperidine rings is 1. The van der Waals surface area contributed by atoms with Gasteiger partial charge in [-0.15, -0.1) is 0 Å². The molecule has 1 aromatic heterocycles. The quantitative estimate of drug-likeness (QED) is 0.713. The number of hydrogen-bond acceptors (Lipinski definition) is 5. The normalized spacial score (nSPS) is 17.0. The summed E-state index contributed by atoms with van der Waals surface area (Å²) in [6.45, 7) is 0.906. The monoisotopic (exact) mass is 416 g/mol. The number of likely N-dealkylation sites (tertiary alicyclic amines) is 1. The zero-order valence-corrected chi connectivity index (χ0v) is 16.8. The third-order valence-corrected chi connectivity index (χ3v) is 6.21. The number of carbonyl (C=O) groups is 2. The number of nitrogens with zero attached hydrogens (tertiary/aromatic N) is 2. The SMILES string of the molecule is O=C(Nc1ccccc1)C1CCCN(C(=O)CCNS(=O)(=O)c2cccnc2)C1. The van der Waals surface area contributed by atoms with Gasteiger partial charge >= 0.3 is 0 Å². The van der Waals surface area contributed by atoms with E-state index in [0.717, 1.165) is 18.5 Å². The molecule has 1 unspecified atom stereocenters. The van der Waals surface area contributed by atoms with Gasteiger partial charge in [0.25, 0.3) is 0 Å². The number of aromatic nitrogens is 1. The van der Waals surface area contributed by atoms with Crippen molar-refractivity contribution in [3.63, 3.8) is 0 Å². The highest BCUT2D eigenvalue weighted by Crippen LogP contribution is 2.19. The first-order chi connectivity index (χ1) is 14.0. The number of hydrogen-bond donors (Lipinski definition) is 2. The van der Waals surface area contributed by atoms with Crippen molar-refractivity contribution in [2.75, 3.05) is 25.0 Å². The molecule has 1 aromatic carbocycles. The second kappa shape index (κ2) is 9.62. The molecule has 8 nitrogen and oxygen atoms in total. The number of pyridine rings is 1. The highest BCUT2D eigenvalue weighted by molar-refractivity contribution is 7.89. The Morgan fingerprint density at radius 1 is 1.14 bits per heavy atom. The second-order valence-corrected chi connectivity index (χ2v) is 8.64. The zero-order chi connectivity index (χ0) is 20.7. The Balaban J connectivity index is 1.49. The van der Waals surface area contributed by atoms with Crippen LogP contribution in [0.25, 0.3) is 0 Å². The number of anilines is 1. The van der Waals surface area contributed by atoms with Crippen LogP contribution in [0.2, 0.25) is 0 Å². The van der Waals surface area contributed by atoms with Gasteiger partial charge in [-0.3, -0.25) is 14.6 Å². The summed E-state index contributed by atoms with van der Waals surface area (Å²) in [5, 5.41) is 2.88. The van der Waals surface area contributed by atoms with Gasteiger partial charge in [0.1, 0.15) is 4.90 Å². The molecule has 0 spiro atoms. The summed E-state index contributed by atoms with van der Waals surface area (Å²) in [6.07, 6.45) is 4.23. The molecule has 3 rings (SSSR count). The minimum absolute atomic E-state index is 0.00651. The van der Waals surface area contributed by atoms with Crippen molar-refractivity contribution in [3.05, 3.63) is 54.9 Å². The number of nitrogens with one attached hydrogen (secondary N) is 2. The Hall–Kier alpha value is -2.78. The summed E-state index contributed by atoms with van der Waals surface area (Å²) < 4.78 is 26.8. The van der Waals surface area contributed by atoms with Gasteiger partial charge < -0.3 is 10.2 Å². The minimum atomic E-state index is -3.69. The highest BCUT2D eigenvalue weighted by Gasteiger charge is 2.28. The van der Waals surface area contributed by atoms with Crippen LogP contribution in [0.3, 0.4) is 0 Å². The summed E-state index contributed by atoms with van der Waals surface area (Å²) in [7, 11) is -3.69. The first kappa shape index (κ1) is 20.9. The topological polar surface area (TPSA) is 108 Å². The van der Waals surface area contributed by atoms with E-state index in [0.29, 0.717) is 13.1 Å². The van der Waals surface area contributed by atoms with Crippen LogP contribution in [-0.2, 0) is 19.6 Å². The number of amides is 2. The summed E-state index contributed by atoms with van der Waals surface area (Å²) in [5.74, 6) is -0.554. The van der Waals surface area contributed by atoms with Crippen LogP contribution in [-0.4, -0.2) is 49.8 Å². The summed E-state index contributed by atoms with van der Waals surface area (Å²) in [4.78, 5) is 30.5. The molecular formula is C20H24N4O4S. The van der Waals surface area contributed by atoms with Crippen molar-refractivity contribution >= 4 is 27.5 Å².